The Bertz CT molecular complexity index is 495. The topological polar surface area (TPSA) is 9.23 Å². The van der Waals surface area contributed by atoms with Crippen LogP contribution < -0.4 is 4.74 Å². The second-order valence-electron chi connectivity index (χ2n) is 9.92. The van der Waals surface area contributed by atoms with Gasteiger partial charge in [-0.05, 0) is 30.9 Å². The fourth-order valence-corrected chi connectivity index (χ4v) is 4.60. The Kier molecular flexibility index (Phi) is 21.1. The summed E-state index contributed by atoms with van der Waals surface area (Å²) in [5, 5.41) is 0. The number of para-hydroxylation sites is 1. The zero-order chi connectivity index (χ0) is 23.0. The molecule has 1 rings (SSSR count). The fraction of sp³-hybridized carbons (Fsp3) is 0.806. The van der Waals surface area contributed by atoms with Gasteiger partial charge in [-0.15, -0.1) is 0 Å². The van der Waals surface area contributed by atoms with Gasteiger partial charge >= 0.3 is 0 Å². The van der Waals surface area contributed by atoms with Gasteiger partial charge in [0.2, 0.25) is 0 Å². The quantitative estimate of drug-likeness (QED) is 0.144. The van der Waals surface area contributed by atoms with Gasteiger partial charge in [-0.2, -0.15) is 0 Å². The van der Waals surface area contributed by atoms with E-state index in [9.17, 15) is 0 Å². The van der Waals surface area contributed by atoms with Crippen LogP contribution in [0.3, 0.4) is 0 Å². The van der Waals surface area contributed by atoms with Gasteiger partial charge in [0.05, 0.1) is 6.61 Å². The van der Waals surface area contributed by atoms with Gasteiger partial charge in [0.25, 0.3) is 0 Å². The molecule has 0 aromatic heterocycles. The molecule has 0 atom stereocenters. The van der Waals surface area contributed by atoms with E-state index in [1.165, 1.54) is 147 Å². The van der Waals surface area contributed by atoms with E-state index in [0.717, 1.165) is 12.4 Å². The third-order valence-corrected chi connectivity index (χ3v) is 6.78. The highest BCUT2D eigenvalue weighted by Gasteiger charge is 2.03. The third kappa shape index (κ3) is 17.6. The maximum absolute atomic E-state index is 6.13. The Balaban J connectivity index is 1.89. The molecule has 0 saturated heterocycles. The Morgan fingerprint density at radius 2 is 0.875 bits per heavy atom. The van der Waals surface area contributed by atoms with E-state index in [-0.39, 0.29) is 0 Å². The van der Waals surface area contributed by atoms with Crippen molar-refractivity contribution >= 4 is 0 Å². The molecular weight excluding hydrogens is 388 g/mol. The van der Waals surface area contributed by atoms with E-state index < -0.39 is 0 Å². The minimum absolute atomic E-state index is 0.880. The molecule has 0 aliphatic heterocycles. The van der Waals surface area contributed by atoms with E-state index in [1.807, 2.05) is 0 Å². The highest BCUT2D eigenvalue weighted by atomic mass is 16.5. The van der Waals surface area contributed by atoms with Crippen LogP contribution in [0.15, 0.2) is 24.3 Å². The summed E-state index contributed by atoms with van der Waals surface area (Å²) in [6.45, 7) is 5.46. The van der Waals surface area contributed by atoms with Gasteiger partial charge in [-0.1, -0.05) is 154 Å². The number of unbranched alkanes of at least 4 members (excludes halogenated alkanes) is 19. The average Bonchev–Trinajstić information content (AvgIpc) is 2.81. The smallest absolute Gasteiger partial charge is 0.122 e. The maximum Gasteiger partial charge on any atom is 0.122 e. The zero-order valence-electron chi connectivity index (χ0n) is 22.0. The Morgan fingerprint density at radius 1 is 0.469 bits per heavy atom. The molecule has 1 aromatic carbocycles. The van der Waals surface area contributed by atoms with Crippen LogP contribution in [0.4, 0.5) is 0 Å². The van der Waals surface area contributed by atoms with Crippen molar-refractivity contribution in [2.45, 2.75) is 155 Å². The predicted octanol–water partition coefficient (Wildman–Crippen LogP) is 10.8. The van der Waals surface area contributed by atoms with Crippen molar-refractivity contribution in [1.82, 2.24) is 0 Å². The van der Waals surface area contributed by atoms with Crippen molar-refractivity contribution in [2.75, 3.05) is 6.61 Å². The summed E-state index contributed by atoms with van der Waals surface area (Å²) in [7, 11) is 0. The van der Waals surface area contributed by atoms with E-state index in [2.05, 4.69) is 38.1 Å². The second-order valence-corrected chi connectivity index (χ2v) is 9.92. The van der Waals surface area contributed by atoms with Crippen LogP contribution in [-0.4, -0.2) is 6.61 Å². The summed E-state index contributed by atoms with van der Waals surface area (Å²) in [5.74, 6) is 1.13. The molecule has 0 spiro atoms. The molecule has 0 fully saturated rings. The molecule has 0 aliphatic carbocycles. The Morgan fingerprint density at radius 3 is 1.38 bits per heavy atom. The van der Waals surface area contributed by atoms with Gasteiger partial charge in [0.15, 0.2) is 0 Å². The number of hydrogen-bond donors (Lipinski definition) is 0. The van der Waals surface area contributed by atoms with Crippen LogP contribution in [0.1, 0.15) is 154 Å². The van der Waals surface area contributed by atoms with Crippen molar-refractivity contribution in [3.8, 4) is 5.75 Å². The third-order valence-electron chi connectivity index (χ3n) is 6.78. The van der Waals surface area contributed by atoms with Crippen molar-refractivity contribution in [3.05, 3.63) is 29.8 Å². The monoisotopic (exact) mass is 444 g/mol. The molecule has 0 saturated carbocycles. The summed E-state index contributed by atoms with van der Waals surface area (Å²) >= 11 is 0. The molecule has 186 valence electrons. The maximum atomic E-state index is 6.13. The van der Waals surface area contributed by atoms with Crippen molar-refractivity contribution in [2.24, 2.45) is 0 Å². The first kappa shape index (κ1) is 29.1. The molecule has 0 amide bonds. The average molecular weight is 445 g/mol. The molecule has 0 aliphatic rings. The standard InChI is InChI=1S/C31H56O/c1-3-5-7-9-10-11-12-13-14-15-16-17-18-19-21-25-29-32-31-28-24-23-27-30(31)26-22-20-8-6-4-2/h23-24,27-28H,3-22,25-26,29H2,1-2H3. The lowest BCUT2D eigenvalue weighted by Gasteiger charge is -2.11. The minimum Gasteiger partial charge on any atom is -0.493 e. The lowest BCUT2D eigenvalue weighted by Crippen LogP contribution is -2.00. The van der Waals surface area contributed by atoms with Crippen LogP contribution in [-0.2, 0) is 6.42 Å². The molecule has 0 radical (unpaired) electrons. The molecule has 0 unspecified atom stereocenters. The highest BCUT2D eigenvalue weighted by Crippen LogP contribution is 2.21. The van der Waals surface area contributed by atoms with Crippen LogP contribution in [0.2, 0.25) is 0 Å². The summed E-state index contributed by atoms with van der Waals surface area (Å²) in [4.78, 5) is 0. The summed E-state index contributed by atoms with van der Waals surface area (Å²) in [6, 6.07) is 8.68. The number of hydrogen-bond acceptors (Lipinski definition) is 1. The lowest BCUT2D eigenvalue weighted by atomic mass is 10.0. The molecule has 1 aromatic rings. The zero-order valence-corrected chi connectivity index (χ0v) is 22.0. The van der Waals surface area contributed by atoms with Gasteiger partial charge in [0, 0.05) is 0 Å². The van der Waals surface area contributed by atoms with E-state index >= 15 is 0 Å². The van der Waals surface area contributed by atoms with Gasteiger partial charge in [0.1, 0.15) is 5.75 Å². The number of aryl methyl sites for hydroxylation is 1. The van der Waals surface area contributed by atoms with Crippen LogP contribution in [0.5, 0.6) is 5.75 Å². The van der Waals surface area contributed by atoms with Gasteiger partial charge in [-0.25, -0.2) is 0 Å². The molecule has 0 bridgehead atoms. The largest absolute Gasteiger partial charge is 0.493 e. The van der Waals surface area contributed by atoms with E-state index in [0.29, 0.717) is 0 Å². The molecule has 1 nitrogen and oxygen atoms in total. The predicted molar refractivity (Wildman–Crippen MR) is 144 cm³/mol. The second kappa shape index (κ2) is 23.2. The fourth-order valence-electron chi connectivity index (χ4n) is 4.60. The first-order valence-corrected chi connectivity index (χ1v) is 14.6. The van der Waals surface area contributed by atoms with Crippen molar-refractivity contribution in [3.63, 3.8) is 0 Å². The van der Waals surface area contributed by atoms with Crippen molar-refractivity contribution < 1.29 is 4.74 Å². The highest BCUT2D eigenvalue weighted by molar-refractivity contribution is 5.33. The van der Waals surface area contributed by atoms with Crippen LogP contribution in [0.25, 0.3) is 0 Å². The van der Waals surface area contributed by atoms with Gasteiger partial charge in [-0.3, -0.25) is 0 Å². The van der Waals surface area contributed by atoms with Crippen LogP contribution in [0, 0.1) is 0 Å². The summed E-state index contributed by atoms with van der Waals surface area (Å²) in [5.41, 5.74) is 1.40. The van der Waals surface area contributed by atoms with E-state index in [1.54, 1.807) is 0 Å². The SMILES string of the molecule is CCCCCCCCCCCCCCCCCCOc1ccccc1CCCCCCC. The number of rotatable bonds is 24. The minimum atomic E-state index is 0.880. The summed E-state index contributed by atoms with van der Waals surface area (Å²) < 4.78 is 6.13. The summed E-state index contributed by atoms with van der Waals surface area (Å²) in [6.07, 6.45) is 30.5. The Labute approximate surface area is 202 Å². The normalized spacial score (nSPS) is 11.2. The molecule has 0 N–H and O–H groups in total. The number of benzene rings is 1. The lowest BCUT2D eigenvalue weighted by molar-refractivity contribution is 0.301. The van der Waals surface area contributed by atoms with E-state index in [4.69, 9.17) is 4.74 Å². The molecular formula is C31H56O. The molecule has 1 heteroatoms. The molecule has 32 heavy (non-hydrogen) atoms. The van der Waals surface area contributed by atoms with Gasteiger partial charge < -0.3 is 4.74 Å². The Hall–Kier alpha value is -0.980. The van der Waals surface area contributed by atoms with Crippen LogP contribution >= 0.6 is 0 Å². The first-order valence-electron chi connectivity index (χ1n) is 14.6. The van der Waals surface area contributed by atoms with Crippen molar-refractivity contribution in [1.29, 1.82) is 0 Å². The first-order chi connectivity index (χ1) is 15.9. The molecule has 0 heterocycles. The number of ether oxygens (including phenoxy) is 1.